The number of sulfonamides is 2. The Bertz CT molecular complexity index is 2740. The van der Waals surface area contributed by atoms with E-state index in [9.17, 15) is 16.8 Å². The van der Waals surface area contributed by atoms with Gasteiger partial charge < -0.3 is 14.5 Å². The number of anilines is 2. The Morgan fingerprint density at radius 3 is 1.32 bits per heavy atom. The Kier molecular flexibility index (Phi) is 14.9. The lowest BCUT2D eigenvalue weighted by molar-refractivity contribution is 0.384. The lowest BCUT2D eigenvalue weighted by atomic mass is 9.87. The SMILES string of the molecule is COc1ccccc1Cc1csc(N2CCN(S(=O)(=O)c3ccc(C(C)(C)C)cc3)CC2)n1.Cc1ccccc1Cc1csc(N2CCN(S(=O)(=O)c3ccc(C(C)(C)C)cc3)CC2)n1. The average Bonchev–Trinajstić information content (AvgIpc) is 3.97. The van der Waals surface area contributed by atoms with Gasteiger partial charge in [-0.1, -0.05) is 108 Å². The third-order valence-corrected chi connectivity index (χ3v) is 17.7. The zero-order chi connectivity index (χ0) is 46.6. The summed E-state index contributed by atoms with van der Waals surface area (Å²) in [6.07, 6.45) is 1.53. The molecule has 2 aromatic heterocycles. The number of hydrogen-bond acceptors (Lipinski definition) is 11. The maximum atomic E-state index is 13.1. The van der Waals surface area contributed by atoms with Crippen LogP contribution in [0.15, 0.2) is 118 Å². The van der Waals surface area contributed by atoms with Crippen molar-refractivity contribution < 1.29 is 21.6 Å². The summed E-state index contributed by atoms with van der Waals surface area (Å²) in [4.78, 5) is 14.7. The molecule has 2 aliphatic heterocycles. The minimum Gasteiger partial charge on any atom is -0.496 e. The van der Waals surface area contributed by atoms with Gasteiger partial charge in [0.15, 0.2) is 10.3 Å². The highest BCUT2D eigenvalue weighted by molar-refractivity contribution is 7.89. The molecule has 0 bridgehead atoms. The number of rotatable bonds is 11. The molecule has 0 N–H and O–H groups in total. The zero-order valence-corrected chi connectivity index (χ0v) is 42.1. The van der Waals surface area contributed by atoms with E-state index in [0.29, 0.717) is 68.6 Å². The van der Waals surface area contributed by atoms with E-state index in [1.54, 1.807) is 62.7 Å². The first-order valence-corrected chi connectivity index (χ1v) is 26.7. The quantitative estimate of drug-likeness (QED) is 0.125. The third-order valence-electron chi connectivity index (χ3n) is 12.0. The minimum absolute atomic E-state index is 0.000312. The van der Waals surface area contributed by atoms with Crippen LogP contribution in [0.25, 0.3) is 0 Å². The fourth-order valence-corrected chi connectivity index (χ4v) is 12.5. The molecule has 2 saturated heterocycles. The maximum absolute atomic E-state index is 13.1. The molecule has 8 rings (SSSR count). The summed E-state index contributed by atoms with van der Waals surface area (Å²) in [6, 6.07) is 31.0. The molecular formula is C50H62N6O5S4. The first-order valence-electron chi connectivity index (χ1n) is 22.1. The molecule has 0 saturated carbocycles. The van der Waals surface area contributed by atoms with E-state index in [1.165, 1.54) is 11.1 Å². The largest absolute Gasteiger partial charge is 0.496 e. The van der Waals surface area contributed by atoms with Crippen LogP contribution < -0.4 is 14.5 Å². The molecule has 346 valence electrons. The Labute approximate surface area is 394 Å². The average molecular weight is 955 g/mol. The van der Waals surface area contributed by atoms with Gasteiger partial charge in [0.25, 0.3) is 0 Å². The van der Waals surface area contributed by atoms with E-state index in [2.05, 4.69) is 99.4 Å². The van der Waals surface area contributed by atoms with Crippen LogP contribution in [0.2, 0.25) is 0 Å². The molecule has 6 aromatic rings. The molecule has 4 heterocycles. The lowest BCUT2D eigenvalue weighted by Crippen LogP contribution is -2.48. The molecule has 15 heteroatoms. The van der Waals surface area contributed by atoms with Crippen LogP contribution in [-0.4, -0.2) is 94.9 Å². The number of aromatic nitrogens is 2. The van der Waals surface area contributed by atoms with Crippen molar-refractivity contribution in [2.45, 2.75) is 81.9 Å². The normalized spacial score (nSPS) is 15.7. The van der Waals surface area contributed by atoms with Gasteiger partial charge in [-0.05, 0) is 70.3 Å². The number of piperazine rings is 2. The fraction of sp³-hybridized carbons (Fsp3) is 0.400. The third kappa shape index (κ3) is 11.7. The molecule has 2 aliphatic rings. The molecule has 2 fully saturated rings. The van der Waals surface area contributed by atoms with Crippen molar-refractivity contribution >= 4 is 53.0 Å². The van der Waals surface area contributed by atoms with Crippen LogP contribution in [0.5, 0.6) is 5.75 Å². The molecule has 0 spiro atoms. The summed E-state index contributed by atoms with van der Waals surface area (Å²) in [7, 11) is -5.30. The van der Waals surface area contributed by atoms with Gasteiger partial charge in [-0.2, -0.15) is 8.61 Å². The second-order valence-corrected chi connectivity index (χ2v) is 24.2. The van der Waals surface area contributed by atoms with Crippen molar-refractivity contribution in [3.8, 4) is 5.75 Å². The van der Waals surface area contributed by atoms with Crippen molar-refractivity contribution in [1.82, 2.24) is 18.6 Å². The van der Waals surface area contributed by atoms with Crippen LogP contribution in [0.3, 0.4) is 0 Å². The number of methoxy groups -OCH3 is 1. The molecule has 0 atom stereocenters. The Morgan fingerprint density at radius 2 is 0.923 bits per heavy atom. The van der Waals surface area contributed by atoms with E-state index in [-0.39, 0.29) is 10.8 Å². The predicted octanol–water partition coefficient (Wildman–Crippen LogP) is 9.40. The van der Waals surface area contributed by atoms with Crippen molar-refractivity contribution in [3.05, 3.63) is 147 Å². The molecule has 4 aromatic carbocycles. The number of aryl methyl sites for hydroxylation is 1. The van der Waals surface area contributed by atoms with E-state index < -0.39 is 20.0 Å². The summed E-state index contributed by atoms with van der Waals surface area (Å²) in [5.74, 6) is 0.862. The Hall–Kier alpha value is -4.64. The predicted molar refractivity (Wildman–Crippen MR) is 266 cm³/mol. The van der Waals surface area contributed by atoms with Gasteiger partial charge >= 0.3 is 0 Å². The van der Waals surface area contributed by atoms with Gasteiger partial charge in [0, 0.05) is 81.5 Å². The van der Waals surface area contributed by atoms with E-state index in [4.69, 9.17) is 14.7 Å². The van der Waals surface area contributed by atoms with E-state index in [0.717, 1.165) is 50.5 Å². The molecule has 65 heavy (non-hydrogen) atoms. The highest BCUT2D eigenvalue weighted by Gasteiger charge is 2.31. The first-order chi connectivity index (χ1) is 30.8. The highest BCUT2D eigenvalue weighted by atomic mass is 32.2. The standard InChI is InChI=1S/C25H31N3O3S2.C25H31N3O2S2/c1-25(2,3)20-9-11-22(12-10-20)33(29,30)28-15-13-27(14-16-28)24-26-21(18-32-24)17-19-7-5-6-8-23(19)31-4;1-19-7-5-6-8-20(19)17-22-18-31-24(26-22)27-13-15-28(16-14-27)32(29,30)23-11-9-21(10-12-23)25(2,3)4/h5-12,18H,13-17H2,1-4H3;5-12,18H,13-17H2,1-4H3. The number of hydrogen-bond donors (Lipinski definition) is 0. The van der Waals surface area contributed by atoms with Crippen LogP contribution in [0, 0.1) is 6.92 Å². The smallest absolute Gasteiger partial charge is 0.243 e. The maximum Gasteiger partial charge on any atom is 0.243 e. The van der Waals surface area contributed by atoms with Crippen LogP contribution in [-0.2, 0) is 43.7 Å². The topological polar surface area (TPSA) is 116 Å². The minimum atomic E-state index is -3.50. The highest BCUT2D eigenvalue weighted by Crippen LogP contribution is 2.30. The summed E-state index contributed by atoms with van der Waals surface area (Å²) in [5.41, 5.74) is 7.97. The fourth-order valence-electron chi connectivity index (χ4n) is 7.88. The van der Waals surface area contributed by atoms with Crippen LogP contribution >= 0.6 is 22.7 Å². The van der Waals surface area contributed by atoms with Gasteiger partial charge in [-0.25, -0.2) is 26.8 Å². The number of benzene rings is 4. The van der Waals surface area contributed by atoms with E-state index in [1.807, 2.05) is 42.5 Å². The molecule has 11 nitrogen and oxygen atoms in total. The monoisotopic (exact) mass is 954 g/mol. The zero-order valence-electron chi connectivity index (χ0n) is 38.8. The number of para-hydroxylation sites is 1. The van der Waals surface area contributed by atoms with Gasteiger partial charge in [-0.15, -0.1) is 22.7 Å². The van der Waals surface area contributed by atoms with Crippen molar-refractivity contribution in [3.63, 3.8) is 0 Å². The van der Waals surface area contributed by atoms with Gasteiger partial charge in [-0.3, -0.25) is 0 Å². The van der Waals surface area contributed by atoms with E-state index >= 15 is 0 Å². The second kappa shape index (κ2) is 20.1. The molecule has 0 aliphatic carbocycles. The van der Waals surface area contributed by atoms with Gasteiger partial charge in [0.1, 0.15) is 5.75 Å². The summed E-state index contributed by atoms with van der Waals surface area (Å²) >= 11 is 3.24. The lowest BCUT2D eigenvalue weighted by Gasteiger charge is -2.33. The summed E-state index contributed by atoms with van der Waals surface area (Å²) in [6.45, 7) is 19.3. The summed E-state index contributed by atoms with van der Waals surface area (Å²) in [5, 5.41) is 6.09. The number of thiazole rings is 2. The van der Waals surface area contributed by atoms with Crippen molar-refractivity contribution in [2.75, 3.05) is 69.3 Å². The van der Waals surface area contributed by atoms with Gasteiger partial charge in [0.2, 0.25) is 20.0 Å². The molecular weight excluding hydrogens is 893 g/mol. The number of nitrogens with zero attached hydrogens (tertiary/aromatic N) is 6. The molecule has 0 radical (unpaired) electrons. The Balaban J connectivity index is 0.000000194. The number of ether oxygens (including phenoxy) is 1. The Morgan fingerprint density at radius 1 is 0.538 bits per heavy atom. The molecule has 0 unspecified atom stereocenters. The second-order valence-electron chi connectivity index (χ2n) is 18.7. The van der Waals surface area contributed by atoms with Crippen LogP contribution in [0.4, 0.5) is 10.3 Å². The first kappa shape index (κ1) is 48.3. The molecule has 0 amide bonds. The van der Waals surface area contributed by atoms with Crippen molar-refractivity contribution in [2.24, 2.45) is 0 Å². The van der Waals surface area contributed by atoms with Gasteiger partial charge in [0.05, 0.1) is 28.3 Å². The summed E-state index contributed by atoms with van der Waals surface area (Å²) < 4.78 is 61.2. The van der Waals surface area contributed by atoms with Crippen LogP contribution in [0.1, 0.15) is 80.7 Å². The van der Waals surface area contributed by atoms with Crippen molar-refractivity contribution in [1.29, 1.82) is 0 Å².